The van der Waals surface area contributed by atoms with Gasteiger partial charge in [0.15, 0.2) is 0 Å². The zero-order valence-electron chi connectivity index (χ0n) is 11.3. The number of carbonyl (C=O) groups is 2. The molecule has 0 saturated carbocycles. The van der Waals surface area contributed by atoms with Crippen LogP contribution in [0.1, 0.15) is 18.9 Å². The summed E-state index contributed by atoms with van der Waals surface area (Å²) in [6.45, 7) is 1.40. The summed E-state index contributed by atoms with van der Waals surface area (Å²) < 4.78 is 40.5. The first-order chi connectivity index (χ1) is 9.78. The van der Waals surface area contributed by atoms with Crippen molar-refractivity contribution in [2.24, 2.45) is 0 Å². The maximum Gasteiger partial charge on any atom is 0.573 e. The van der Waals surface area contributed by atoms with Crippen molar-refractivity contribution in [3.05, 3.63) is 29.8 Å². The molecule has 0 radical (unpaired) electrons. The van der Waals surface area contributed by atoms with Gasteiger partial charge in [-0.1, -0.05) is 18.2 Å². The quantitative estimate of drug-likeness (QED) is 0.841. The van der Waals surface area contributed by atoms with Crippen LogP contribution in [-0.4, -0.2) is 24.7 Å². The van der Waals surface area contributed by atoms with Gasteiger partial charge in [-0.15, -0.1) is 13.2 Å². The molecule has 2 amide bonds. The Morgan fingerprint density at radius 2 is 1.86 bits per heavy atom. The zero-order chi connectivity index (χ0) is 15.9. The highest BCUT2D eigenvalue weighted by atomic mass is 19.4. The lowest BCUT2D eigenvalue weighted by atomic mass is 10.2. The van der Waals surface area contributed by atoms with Crippen molar-refractivity contribution < 1.29 is 27.5 Å². The smallest absolute Gasteiger partial charge is 0.405 e. The highest BCUT2D eigenvalue weighted by molar-refractivity contribution is 5.77. The number of amides is 2. The van der Waals surface area contributed by atoms with Crippen LogP contribution in [0.4, 0.5) is 13.2 Å². The maximum absolute atomic E-state index is 12.2. The Morgan fingerprint density at radius 1 is 1.19 bits per heavy atom. The van der Waals surface area contributed by atoms with Gasteiger partial charge in [-0.3, -0.25) is 9.59 Å². The predicted octanol–water partition coefficient (Wildman–Crippen LogP) is 1.73. The van der Waals surface area contributed by atoms with E-state index in [1.165, 1.54) is 25.1 Å². The minimum Gasteiger partial charge on any atom is -0.405 e. The van der Waals surface area contributed by atoms with E-state index in [1.54, 1.807) is 6.07 Å². The maximum atomic E-state index is 12.2. The van der Waals surface area contributed by atoms with Crippen LogP contribution in [0.5, 0.6) is 5.75 Å². The summed E-state index contributed by atoms with van der Waals surface area (Å²) in [5, 5.41) is 4.91. The molecule has 21 heavy (non-hydrogen) atoms. The van der Waals surface area contributed by atoms with Crippen LogP contribution < -0.4 is 15.4 Å². The van der Waals surface area contributed by atoms with Gasteiger partial charge in [0.2, 0.25) is 11.8 Å². The Balaban J connectivity index is 2.51. The van der Waals surface area contributed by atoms with Crippen molar-refractivity contribution in [3.63, 3.8) is 0 Å². The SMILES string of the molecule is CC(=O)NCCC(=O)NCc1ccccc1OC(F)(F)F. The summed E-state index contributed by atoms with van der Waals surface area (Å²) in [6.07, 6.45) is -4.74. The van der Waals surface area contributed by atoms with Crippen molar-refractivity contribution in [3.8, 4) is 5.75 Å². The standard InChI is InChI=1S/C13H15F3N2O3/c1-9(19)17-7-6-12(20)18-8-10-4-2-3-5-11(10)21-13(14,15)16/h2-5H,6-8H2,1H3,(H,17,19)(H,18,20). The molecular formula is C13H15F3N2O3. The van der Waals surface area contributed by atoms with Crippen LogP contribution in [0.2, 0.25) is 0 Å². The van der Waals surface area contributed by atoms with Crippen molar-refractivity contribution >= 4 is 11.8 Å². The molecule has 8 heteroatoms. The molecule has 1 rings (SSSR count). The van der Waals surface area contributed by atoms with E-state index in [4.69, 9.17) is 0 Å². The van der Waals surface area contributed by atoms with Crippen LogP contribution in [0.25, 0.3) is 0 Å². The minimum atomic E-state index is -4.79. The van der Waals surface area contributed by atoms with E-state index in [1.807, 2.05) is 0 Å². The number of halogens is 3. The lowest BCUT2D eigenvalue weighted by molar-refractivity contribution is -0.274. The summed E-state index contributed by atoms with van der Waals surface area (Å²) in [5.41, 5.74) is 0.211. The number of benzene rings is 1. The molecular weight excluding hydrogens is 289 g/mol. The summed E-state index contributed by atoms with van der Waals surface area (Å²) in [6, 6.07) is 5.55. The highest BCUT2D eigenvalue weighted by Gasteiger charge is 2.31. The number of rotatable bonds is 6. The fourth-order valence-corrected chi connectivity index (χ4v) is 1.51. The van der Waals surface area contributed by atoms with Gasteiger partial charge in [-0.2, -0.15) is 0 Å². The van der Waals surface area contributed by atoms with Crippen LogP contribution in [0, 0.1) is 0 Å². The second-order valence-electron chi connectivity index (χ2n) is 4.17. The van der Waals surface area contributed by atoms with Crippen LogP contribution in [0.15, 0.2) is 24.3 Å². The van der Waals surface area contributed by atoms with E-state index in [0.29, 0.717) is 0 Å². The van der Waals surface area contributed by atoms with Gasteiger partial charge >= 0.3 is 6.36 Å². The van der Waals surface area contributed by atoms with E-state index >= 15 is 0 Å². The molecule has 0 aliphatic carbocycles. The molecule has 5 nitrogen and oxygen atoms in total. The normalized spacial score (nSPS) is 10.9. The summed E-state index contributed by atoms with van der Waals surface area (Å²) in [7, 11) is 0. The zero-order valence-corrected chi connectivity index (χ0v) is 11.3. The fourth-order valence-electron chi connectivity index (χ4n) is 1.51. The summed E-state index contributed by atoms with van der Waals surface area (Å²) >= 11 is 0. The highest BCUT2D eigenvalue weighted by Crippen LogP contribution is 2.25. The largest absolute Gasteiger partial charge is 0.573 e. The van der Waals surface area contributed by atoms with E-state index in [-0.39, 0.29) is 42.6 Å². The van der Waals surface area contributed by atoms with Gasteiger partial charge in [0.05, 0.1) is 0 Å². The van der Waals surface area contributed by atoms with Crippen LogP contribution >= 0.6 is 0 Å². The first-order valence-corrected chi connectivity index (χ1v) is 6.13. The molecule has 0 atom stereocenters. The third kappa shape index (κ3) is 7.19. The predicted molar refractivity (Wildman–Crippen MR) is 68.3 cm³/mol. The Labute approximate surface area is 119 Å². The second-order valence-corrected chi connectivity index (χ2v) is 4.17. The van der Waals surface area contributed by atoms with Crippen molar-refractivity contribution in [1.82, 2.24) is 10.6 Å². The topological polar surface area (TPSA) is 67.4 Å². The number of nitrogens with one attached hydrogen (secondary N) is 2. The molecule has 0 spiro atoms. The second kappa shape index (κ2) is 7.51. The van der Waals surface area contributed by atoms with E-state index < -0.39 is 6.36 Å². The number of carbonyl (C=O) groups excluding carboxylic acids is 2. The molecule has 2 N–H and O–H groups in total. The van der Waals surface area contributed by atoms with Crippen LogP contribution in [-0.2, 0) is 16.1 Å². The van der Waals surface area contributed by atoms with Gasteiger partial charge in [0.1, 0.15) is 5.75 Å². The van der Waals surface area contributed by atoms with Crippen molar-refractivity contribution in [2.75, 3.05) is 6.54 Å². The fraction of sp³-hybridized carbons (Fsp3) is 0.385. The Morgan fingerprint density at radius 3 is 2.48 bits per heavy atom. The number of hydrogen-bond donors (Lipinski definition) is 2. The molecule has 0 bridgehead atoms. The van der Waals surface area contributed by atoms with Gasteiger partial charge in [-0.05, 0) is 6.07 Å². The molecule has 0 aliphatic heterocycles. The average molecular weight is 304 g/mol. The molecule has 1 aromatic rings. The van der Waals surface area contributed by atoms with Gasteiger partial charge in [0.25, 0.3) is 0 Å². The number of hydrogen-bond acceptors (Lipinski definition) is 3. The molecule has 116 valence electrons. The number of para-hydroxylation sites is 1. The molecule has 0 saturated heterocycles. The first-order valence-electron chi connectivity index (χ1n) is 6.13. The van der Waals surface area contributed by atoms with Crippen LogP contribution in [0.3, 0.4) is 0 Å². The number of ether oxygens (including phenoxy) is 1. The minimum absolute atomic E-state index is 0.0435. The number of alkyl halides is 3. The molecule has 0 unspecified atom stereocenters. The third-order valence-corrected chi connectivity index (χ3v) is 2.40. The van der Waals surface area contributed by atoms with Gasteiger partial charge < -0.3 is 15.4 Å². The Hall–Kier alpha value is -2.25. The van der Waals surface area contributed by atoms with Crippen molar-refractivity contribution in [2.45, 2.75) is 26.3 Å². The Bertz CT molecular complexity index is 504. The lowest BCUT2D eigenvalue weighted by Gasteiger charge is -2.13. The lowest BCUT2D eigenvalue weighted by Crippen LogP contribution is -2.29. The van der Waals surface area contributed by atoms with Crippen molar-refractivity contribution in [1.29, 1.82) is 0 Å². The van der Waals surface area contributed by atoms with E-state index in [2.05, 4.69) is 15.4 Å². The summed E-state index contributed by atoms with van der Waals surface area (Å²) in [5.74, 6) is -0.996. The molecule has 0 aliphatic rings. The van der Waals surface area contributed by atoms with E-state index in [9.17, 15) is 22.8 Å². The molecule has 1 aromatic carbocycles. The third-order valence-electron chi connectivity index (χ3n) is 2.40. The molecule has 0 fully saturated rings. The average Bonchev–Trinajstić information content (AvgIpc) is 2.35. The van der Waals surface area contributed by atoms with E-state index in [0.717, 1.165) is 0 Å². The monoisotopic (exact) mass is 304 g/mol. The Kier molecular flexibility index (Phi) is 6.01. The molecule has 0 aromatic heterocycles. The van der Waals surface area contributed by atoms with Gasteiger partial charge in [-0.25, -0.2) is 0 Å². The summed E-state index contributed by atoms with van der Waals surface area (Å²) in [4.78, 5) is 22.1. The molecule has 0 heterocycles. The van der Waals surface area contributed by atoms with Gasteiger partial charge in [0, 0.05) is 32.0 Å². The first kappa shape index (κ1) is 16.8.